The van der Waals surface area contributed by atoms with Gasteiger partial charge in [-0.05, 0) is 50.1 Å². The summed E-state index contributed by atoms with van der Waals surface area (Å²) >= 11 is 0. The SMILES string of the molecule is Cc1cccc(C(=O)Nc2cccc(S(=O)(=O)N3CCCC3)c2)n1. The molecule has 126 valence electrons. The maximum Gasteiger partial charge on any atom is 0.274 e. The second-order valence-electron chi connectivity index (χ2n) is 5.76. The second kappa shape index (κ2) is 6.70. The maximum atomic E-state index is 12.6. The summed E-state index contributed by atoms with van der Waals surface area (Å²) in [6, 6.07) is 11.5. The summed E-state index contributed by atoms with van der Waals surface area (Å²) in [6.45, 7) is 2.90. The molecule has 1 aliphatic heterocycles. The van der Waals surface area contributed by atoms with Crippen molar-refractivity contribution in [2.24, 2.45) is 0 Å². The molecular weight excluding hydrogens is 326 g/mol. The summed E-state index contributed by atoms with van der Waals surface area (Å²) < 4.78 is 26.7. The maximum absolute atomic E-state index is 12.6. The molecule has 6 nitrogen and oxygen atoms in total. The topological polar surface area (TPSA) is 79.4 Å². The highest BCUT2D eigenvalue weighted by Crippen LogP contribution is 2.23. The first-order valence-corrected chi connectivity index (χ1v) is 9.26. The number of sulfonamides is 1. The number of carbonyl (C=O) groups excluding carboxylic acids is 1. The van der Waals surface area contributed by atoms with Gasteiger partial charge in [0.2, 0.25) is 10.0 Å². The number of anilines is 1. The van der Waals surface area contributed by atoms with E-state index < -0.39 is 10.0 Å². The van der Waals surface area contributed by atoms with E-state index in [1.165, 1.54) is 10.4 Å². The first-order valence-electron chi connectivity index (χ1n) is 7.82. The molecule has 1 N–H and O–H groups in total. The van der Waals surface area contributed by atoms with Crippen LogP contribution in [0.3, 0.4) is 0 Å². The number of nitrogens with zero attached hydrogens (tertiary/aromatic N) is 2. The molecule has 1 amide bonds. The molecule has 1 saturated heterocycles. The minimum atomic E-state index is -3.50. The molecule has 0 radical (unpaired) electrons. The monoisotopic (exact) mass is 345 g/mol. The largest absolute Gasteiger partial charge is 0.321 e. The number of hydrogen-bond donors (Lipinski definition) is 1. The van der Waals surface area contributed by atoms with E-state index >= 15 is 0 Å². The number of aryl methyl sites for hydroxylation is 1. The van der Waals surface area contributed by atoms with Crippen molar-refractivity contribution in [1.82, 2.24) is 9.29 Å². The van der Waals surface area contributed by atoms with Crippen LogP contribution in [0.15, 0.2) is 47.4 Å². The van der Waals surface area contributed by atoms with Crippen LogP contribution in [0.25, 0.3) is 0 Å². The number of rotatable bonds is 4. The van der Waals surface area contributed by atoms with Crippen molar-refractivity contribution in [2.75, 3.05) is 18.4 Å². The van der Waals surface area contributed by atoms with E-state index in [-0.39, 0.29) is 10.8 Å². The number of hydrogen-bond acceptors (Lipinski definition) is 4. The Bertz CT molecular complexity index is 859. The van der Waals surface area contributed by atoms with Gasteiger partial charge in [-0.15, -0.1) is 0 Å². The van der Waals surface area contributed by atoms with Crippen molar-refractivity contribution in [1.29, 1.82) is 0 Å². The van der Waals surface area contributed by atoms with Gasteiger partial charge in [0.25, 0.3) is 5.91 Å². The van der Waals surface area contributed by atoms with Gasteiger partial charge in [-0.1, -0.05) is 12.1 Å². The average molecular weight is 345 g/mol. The lowest BCUT2D eigenvalue weighted by atomic mass is 10.2. The Labute approximate surface area is 141 Å². The Morgan fingerprint density at radius 3 is 2.54 bits per heavy atom. The third-order valence-corrected chi connectivity index (χ3v) is 5.81. The fourth-order valence-electron chi connectivity index (χ4n) is 2.68. The minimum absolute atomic E-state index is 0.194. The molecule has 2 heterocycles. The molecule has 1 aromatic carbocycles. The normalized spacial score (nSPS) is 15.4. The highest BCUT2D eigenvalue weighted by atomic mass is 32.2. The lowest BCUT2D eigenvalue weighted by Gasteiger charge is -2.16. The second-order valence-corrected chi connectivity index (χ2v) is 7.70. The summed E-state index contributed by atoms with van der Waals surface area (Å²) in [7, 11) is -3.50. The Morgan fingerprint density at radius 1 is 1.12 bits per heavy atom. The van der Waals surface area contributed by atoms with Crippen molar-refractivity contribution >= 4 is 21.6 Å². The quantitative estimate of drug-likeness (QED) is 0.923. The third kappa shape index (κ3) is 3.47. The van der Waals surface area contributed by atoms with Crippen LogP contribution in [-0.2, 0) is 10.0 Å². The number of amides is 1. The Kier molecular flexibility index (Phi) is 4.64. The van der Waals surface area contributed by atoms with Crippen molar-refractivity contribution in [3.63, 3.8) is 0 Å². The van der Waals surface area contributed by atoms with Crippen molar-refractivity contribution < 1.29 is 13.2 Å². The summed E-state index contributed by atoms with van der Waals surface area (Å²) in [5.41, 5.74) is 1.47. The Hall–Kier alpha value is -2.25. The highest BCUT2D eigenvalue weighted by Gasteiger charge is 2.27. The molecule has 2 aromatic rings. The molecule has 1 aliphatic rings. The van der Waals surface area contributed by atoms with Gasteiger partial charge in [0.15, 0.2) is 0 Å². The van der Waals surface area contributed by atoms with E-state index in [1.54, 1.807) is 43.3 Å². The lowest BCUT2D eigenvalue weighted by molar-refractivity contribution is 0.102. The van der Waals surface area contributed by atoms with Gasteiger partial charge >= 0.3 is 0 Å². The highest BCUT2D eigenvalue weighted by molar-refractivity contribution is 7.89. The van der Waals surface area contributed by atoms with E-state index in [9.17, 15) is 13.2 Å². The van der Waals surface area contributed by atoms with Crippen molar-refractivity contribution in [2.45, 2.75) is 24.7 Å². The van der Waals surface area contributed by atoms with Crippen LogP contribution >= 0.6 is 0 Å². The van der Waals surface area contributed by atoms with E-state index in [2.05, 4.69) is 10.3 Å². The van der Waals surface area contributed by atoms with Gasteiger partial charge in [-0.25, -0.2) is 13.4 Å². The zero-order chi connectivity index (χ0) is 17.2. The molecule has 0 saturated carbocycles. The van der Waals surface area contributed by atoms with E-state index in [0.29, 0.717) is 24.5 Å². The van der Waals surface area contributed by atoms with Gasteiger partial charge in [-0.2, -0.15) is 4.31 Å². The molecule has 24 heavy (non-hydrogen) atoms. The fourth-order valence-corrected chi connectivity index (χ4v) is 4.24. The van der Waals surface area contributed by atoms with Crippen LogP contribution in [0.5, 0.6) is 0 Å². The first kappa shape index (κ1) is 16.6. The number of benzene rings is 1. The number of aromatic nitrogens is 1. The molecule has 7 heteroatoms. The summed E-state index contributed by atoms with van der Waals surface area (Å²) in [4.78, 5) is 16.6. The molecular formula is C17H19N3O3S. The van der Waals surface area contributed by atoms with Gasteiger partial charge in [0.1, 0.15) is 5.69 Å². The average Bonchev–Trinajstić information content (AvgIpc) is 3.10. The van der Waals surface area contributed by atoms with Gasteiger partial charge < -0.3 is 5.32 Å². The number of carbonyl (C=O) groups is 1. The van der Waals surface area contributed by atoms with Gasteiger partial charge in [0.05, 0.1) is 4.90 Å². The van der Waals surface area contributed by atoms with Gasteiger partial charge in [0, 0.05) is 24.5 Å². The molecule has 1 fully saturated rings. The van der Waals surface area contributed by atoms with Crippen molar-refractivity contribution in [3.05, 3.63) is 53.9 Å². The van der Waals surface area contributed by atoms with Crippen LogP contribution in [0, 0.1) is 6.92 Å². The molecule has 0 atom stereocenters. The van der Waals surface area contributed by atoms with Crippen LogP contribution in [-0.4, -0.2) is 36.7 Å². The molecule has 1 aromatic heterocycles. The van der Waals surface area contributed by atoms with Crippen LogP contribution in [0.2, 0.25) is 0 Å². The first-order chi connectivity index (χ1) is 11.5. The summed E-state index contributed by atoms with van der Waals surface area (Å²) in [5.74, 6) is -0.366. The van der Waals surface area contributed by atoms with E-state index in [4.69, 9.17) is 0 Å². The van der Waals surface area contributed by atoms with E-state index in [0.717, 1.165) is 18.5 Å². The Morgan fingerprint density at radius 2 is 1.83 bits per heavy atom. The predicted molar refractivity (Wildman–Crippen MR) is 91.4 cm³/mol. The number of pyridine rings is 1. The standard InChI is InChI=1S/C17H19N3O3S/c1-13-6-4-9-16(18-13)17(21)19-14-7-5-8-15(12-14)24(22,23)20-10-2-3-11-20/h4-9,12H,2-3,10-11H2,1H3,(H,19,21). The zero-order valence-corrected chi connectivity index (χ0v) is 14.2. The Balaban J connectivity index is 1.82. The predicted octanol–water partition coefficient (Wildman–Crippen LogP) is 2.43. The molecule has 3 rings (SSSR count). The van der Waals surface area contributed by atoms with Crippen LogP contribution < -0.4 is 5.32 Å². The summed E-state index contributed by atoms with van der Waals surface area (Å²) in [6.07, 6.45) is 1.77. The summed E-state index contributed by atoms with van der Waals surface area (Å²) in [5, 5.41) is 2.70. The van der Waals surface area contributed by atoms with E-state index in [1.807, 2.05) is 0 Å². The van der Waals surface area contributed by atoms with Crippen molar-refractivity contribution in [3.8, 4) is 0 Å². The molecule has 0 spiro atoms. The minimum Gasteiger partial charge on any atom is -0.321 e. The fraction of sp³-hybridized carbons (Fsp3) is 0.294. The molecule has 0 unspecified atom stereocenters. The number of nitrogens with one attached hydrogen (secondary N) is 1. The zero-order valence-electron chi connectivity index (χ0n) is 13.4. The van der Waals surface area contributed by atoms with Crippen LogP contribution in [0.4, 0.5) is 5.69 Å². The van der Waals surface area contributed by atoms with Crippen LogP contribution in [0.1, 0.15) is 29.0 Å². The third-order valence-electron chi connectivity index (χ3n) is 3.92. The molecule has 0 aliphatic carbocycles. The molecule has 0 bridgehead atoms. The lowest BCUT2D eigenvalue weighted by Crippen LogP contribution is -2.28. The van der Waals surface area contributed by atoms with Gasteiger partial charge in [-0.3, -0.25) is 4.79 Å². The smallest absolute Gasteiger partial charge is 0.274 e.